The minimum atomic E-state index is 0.271. The molecule has 1 saturated carbocycles. The lowest BCUT2D eigenvalue weighted by Gasteiger charge is -2.34. The third-order valence-corrected chi connectivity index (χ3v) is 7.51. The summed E-state index contributed by atoms with van der Waals surface area (Å²) in [4.78, 5) is 27.9. The Labute approximate surface area is 213 Å². The van der Waals surface area contributed by atoms with Crippen molar-refractivity contribution in [3.8, 4) is 0 Å². The van der Waals surface area contributed by atoms with Crippen LogP contribution in [0.5, 0.6) is 0 Å². The van der Waals surface area contributed by atoms with Gasteiger partial charge >= 0.3 is 0 Å². The molecule has 35 heavy (non-hydrogen) atoms. The van der Waals surface area contributed by atoms with Crippen LogP contribution in [0.4, 0.5) is 23.1 Å². The van der Waals surface area contributed by atoms with Gasteiger partial charge in [0.25, 0.3) is 0 Å². The van der Waals surface area contributed by atoms with Crippen LogP contribution in [0.1, 0.15) is 50.0 Å². The summed E-state index contributed by atoms with van der Waals surface area (Å²) >= 11 is 6.37. The van der Waals surface area contributed by atoms with Gasteiger partial charge in [-0.15, -0.1) is 0 Å². The van der Waals surface area contributed by atoms with Crippen LogP contribution in [0.2, 0.25) is 5.02 Å². The first-order valence-corrected chi connectivity index (χ1v) is 13.3. The Hall–Kier alpha value is -2.58. The highest BCUT2D eigenvalue weighted by Crippen LogP contribution is 2.45. The molecule has 1 aromatic heterocycles. The number of halogens is 1. The number of likely N-dealkylation sites (tertiary alicyclic amines) is 1. The Morgan fingerprint density at radius 3 is 2.71 bits per heavy atom. The predicted octanol–water partition coefficient (Wildman–Crippen LogP) is 4.32. The Morgan fingerprint density at radius 2 is 1.94 bits per heavy atom. The summed E-state index contributed by atoms with van der Waals surface area (Å²) in [5.41, 5.74) is 3.72. The second-order valence-corrected chi connectivity index (χ2v) is 10.4. The van der Waals surface area contributed by atoms with Crippen molar-refractivity contribution in [1.82, 2.24) is 19.8 Å². The number of piperazine rings is 1. The molecule has 0 unspecified atom stereocenters. The first kappa shape index (κ1) is 24.1. The molecule has 3 fully saturated rings. The van der Waals surface area contributed by atoms with Crippen LogP contribution >= 0.6 is 11.6 Å². The van der Waals surface area contributed by atoms with Crippen molar-refractivity contribution in [3.63, 3.8) is 0 Å². The number of nitrogens with zero attached hydrogens (tertiary/aromatic N) is 5. The summed E-state index contributed by atoms with van der Waals surface area (Å²) in [7, 11) is 2.19. The molecular formula is C26H36ClN7O. The number of nitrogens with one attached hydrogen (secondary N) is 2. The van der Waals surface area contributed by atoms with Gasteiger partial charge < -0.3 is 25.3 Å². The number of rotatable bonds is 9. The summed E-state index contributed by atoms with van der Waals surface area (Å²) in [5.74, 6) is 2.04. The fourth-order valence-corrected chi connectivity index (χ4v) is 5.06. The van der Waals surface area contributed by atoms with E-state index < -0.39 is 0 Å². The van der Waals surface area contributed by atoms with Gasteiger partial charge in [-0.3, -0.25) is 4.79 Å². The van der Waals surface area contributed by atoms with E-state index in [9.17, 15) is 4.79 Å². The molecule has 1 aliphatic carbocycles. The predicted molar refractivity (Wildman–Crippen MR) is 142 cm³/mol. The standard InChI is InChI=1S/C26H36ClN7O/c1-32-13-15-33(16-14-32)20-8-9-23(21(17-20)19-6-7-19)30-26-29-18-22(27)25(31-26)28-10-4-12-34-11-3-2-5-24(34)35/h8-9,17-19H,2-7,10-16H2,1H3,(H2,28,29,30,31). The van der Waals surface area contributed by atoms with Crippen molar-refractivity contribution in [3.05, 3.63) is 35.0 Å². The highest BCUT2D eigenvalue weighted by Gasteiger charge is 2.28. The maximum Gasteiger partial charge on any atom is 0.229 e. The number of anilines is 4. The SMILES string of the molecule is CN1CCN(c2ccc(Nc3ncc(Cl)c(NCCCN4CCCCC4=O)n3)c(C3CC3)c2)CC1. The Bertz CT molecular complexity index is 1040. The number of aromatic nitrogens is 2. The number of hydrogen-bond donors (Lipinski definition) is 2. The van der Waals surface area contributed by atoms with Gasteiger partial charge in [0.15, 0.2) is 0 Å². The van der Waals surface area contributed by atoms with E-state index in [1.165, 1.54) is 24.1 Å². The molecule has 3 heterocycles. The fourth-order valence-electron chi connectivity index (χ4n) is 4.90. The summed E-state index contributed by atoms with van der Waals surface area (Å²) in [6.45, 7) is 6.67. The topological polar surface area (TPSA) is 76.6 Å². The molecular weight excluding hydrogens is 462 g/mol. The summed E-state index contributed by atoms with van der Waals surface area (Å²) < 4.78 is 0. The molecule has 5 rings (SSSR count). The van der Waals surface area contributed by atoms with Crippen LogP contribution in [-0.4, -0.2) is 78.5 Å². The van der Waals surface area contributed by atoms with E-state index >= 15 is 0 Å². The second-order valence-electron chi connectivity index (χ2n) is 9.97. The average molecular weight is 498 g/mol. The van der Waals surface area contributed by atoms with Crippen molar-refractivity contribution in [2.45, 2.75) is 44.4 Å². The van der Waals surface area contributed by atoms with Crippen molar-refractivity contribution >= 4 is 40.6 Å². The van der Waals surface area contributed by atoms with E-state index in [-0.39, 0.29) is 5.91 Å². The molecule has 2 saturated heterocycles. The van der Waals surface area contributed by atoms with Gasteiger partial charge in [-0.2, -0.15) is 4.98 Å². The van der Waals surface area contributed by atoms with E-state index in [0.29, 0.717) is 35.7 Å². The third kappa shape index (κ3) is 6.16. The number of hydrogen-bond acceptors (Lipinski definition) is 7. The molecule has 1 amide bonds. The third-order valence-electron chi connectivity index (χ3n) is 7.23. The largest absolute Gasteiger partial charge is 0.369 e. The maximum atomic E-state index is 12.0. The van der Waals surface area contributed by atoms with Crippen LogP contribution in [-0.2, 0) is 4.79 Å². The van der Waals surface area contributed by atoms with Gasteiger partial charge in [-0.1, -0.05) is 11.6 Å². The van der Waals surface area contributed by atoms with Crippen LogP contribution in [0.15, 0.2) is 24.4 Å². The van der Waals surface area contributed by atoms with Gasteiger partial charge in [0.05, 0.1) is 6.20 Å². The van der Waals surface area contributed by atoms with Gasteiger partial charge in [0.2, 0.25) is 11.9 Å². The number of likely N-dealkylation sites (N-methyl/N-ethyl adjacent to an activating group) is 1. The Morgan fingerprint density at radius 1 is 1.11 bits per heavy atom. The number of carbonyl (C=O) groups excluding carboxylic acids is 1. The monoisotopic (exact) mass is 497 g/mol. The van der Waals surface area contributed by atoms with Gasteiger partial charge in [0, 0.05) is 63.6 Å². The second kappa shape index (κ2) is 11.0. The lowest BCUT2D eigenvalue weighted by atomic mass is 10.1. The smallest absolute Gasteiger partial charge is 0.229 e. The number of benzene rings is 1. The zero-order valence-electron chi connectivity index (χ0n) is 20.6. The van der Waals surface area contributed by atoms with E-state index in [1.54, 1.807) is 6.20 Å². The van der Waals surface area contributed by atoms with Crippen molar-refractivity contribution in [2.75, 3.05) is 68.4 Å². The van der Waals surface area contributed by atoms with Crippen molar-refractivity contribution < 1.29 is 4.79 Å². The normalized spacial score (nSPS) is 19.2. The Kier molecular flexibility index (Phi) is 7.58. The minimum Gasteiger partial charge on any atom is -0.369 e. The molecule has 2 aromatic rings. The molecule has 188 valence electrons. The average Bonchev–Trinajstić information content (AvgIpc) is 3.71. The van der Waals surface area contributed by atoms with Crippen LogP contribution in [0, 0.1) is 0 Å². The number of amides is 1. The van der Waals surface area contributed by atoms with E-state index in [2.05, 4.69) is 55.6 Å². The fraction of sp³-hybridized carbons (Fsp3) is 0.577. The van der Waals surface area contributed by atoms with Gasteiger partial charge in [-0.25, -0.2) is 4.98 Å². The highest BCUT2D eigenvalue weighted by molar-refractivity contribution is 6.32. The highest BCUT2D eigenvalue weighted by atomic mass is 35.5. The molecule has 2 aliphatic heterocycles. The Balaban J connectivity index is 1.22. The number of piperidine rings is 1. The zero-order valence-corrected chi connectivity index (χ0v) is 21.4. The van der Waals surface area contributed by atoms with Crippen LogP contribution in [0.3, 0.4) is 0 Å². The molecule has 0 bridgehead atoms. The first-order valence-electron chi connectivity index (χ1n) is 13.0. The molecule has 9 heteroatoms. The van der Waals surface area contributed by atoms with E-state index in [4.69, 9.17) is 11.6 Å². The van der Waals surface area contributed by atoms with Crippen molar-refractivity contribution in [2.24, 2.45) is 0 Å². The molecule has 0 radical (unpaired) electrons. The minimum absolute atomic E-state index is 0.271. The molecule has 8 nitrogen and oxygen atoms in total. The molecule has 1 aromatic carbocycles. The maximum absolute atomic E-state index is 12.0. The molecule has 0 spiro atoms. The molecule has 0 atom stereocenters. The quantitative estimate of drug-likeness (QED) is 0.500. The number of carbonyl (C=O) groups is 1. The van der Waals surface area contributed by atoms with E-state index in [0.717, 1.165) is 64.2 Å². The van der Waals surface area contributed by atoms with Crippen molar-refractivity contribution in [1.29, 1.82) is 0 Å². The summed E-state index contributed by atoms with van der Waals surface area (Å²) in [6.07, 6.45) is 7.76. The first-order chi connectivity index (χ1) is 17.1. The molecule has 3 aliphatic rings. The lowest BCUT2D eigenvalue weighted by Crippen LogP contribution is -2.44. The van der Waals surface area contributed by atoms with Gasteiger partial charge in [-0.05, 0) is 68.8 Å². The van der Waals surface area contributed by atoms with Gasteiger partial charge in [0.1, 0.15) is 10.8 Å². The summed E-state index contributed by atoms with van der Waals surface area (Å²) in [5, 5.41) is 7.27. The summed E-state index contributed by atoms with van der Waals surface area (Å²) in [6, 6.07) is 6.72. The zero-order chi connectivity index (χ0) is 24.2. The molecule has 2 N–H and O–H groups in total. The lowest BCUT2D eigenvalue weighted by molar-refractivity contribution is -0.133. The van der Waals surface area contributed by atoms with E-state index in [1.807, 2.05) is 4.90 Å². The van der Waals surface area contributed by atoms with Crippen LogP contribution in [0.25, 0.3) is 0 Å². The van der Waals surface area contributed by atoms with Crippen LogP contribution < -0.4 is 15.5 Å².